The molecular formula is C22H35N7O. The maximum atomic E-state index is 5.54. The van der Waals surface area contributed by atoms with Gasteiger partial charge in [-0.1, -0.05) is 0 Å². The molecule has 0 aromatic carbocycles. The molecule has 0 bridgehead atoms. The van der Waals surface area contributed by atoms with Gasteiger partial charge >= 0.3 is 0 Å². The van der Waals surface area contributed by atoms with Crippen LogP contribution in [0.5, 0.6) is 0 Å². The molecule has 0 aliphatic carbocycles. The summed E-state index contributed by atoms with van der Waals surface area (Å²) in [7, 11) is 0. The highest BCUT2D eigenvalue weighted by molar-refractivity contribution is 5.84. The Bertz CT molecular complexity index is 855. The number of hydrogen-bond acceptors (Lipinski definition) is 7. The van der Waals surface area contributed by atoms with E-state index in [1.807, 2.05) is 6.33 Å². The van der Waals surface area contributed by atoms with Crippen LogP contribution in [-0.4, -0.2) is 75.9 Å². The molecule has 2 atom stereocenters. The number of aryl methyl sites for hydroxylation is 1. The van der Waals surface area contributed by atoms with Crippen molar-refractivity contribution in [3.63, 3.8) is 0 Å². The molecule has 0 amide bonds. The third-order valence-electron chi connectivity index (χ3n) is 7.20. The maximum absolute atomic E-state index is 5.54. The molecule has 3 aliphatic heterocycles. The van der Waals surface area contributed by atoms with Gasteiger partial charge in [0.1, 0.15) is 5.52 Å². The first kappa shape index (κ1) is 20.0. The van der Waals surface area contributed by atoms with E-state index in [4.69, 9.17) is 14.7 Å². The van der Waals surface area contributed by atoms with Gasteiger partial charge in [-0.05, 0) is 52.5 Å². The zero-order chi connectivity index (χ0) is 20.5. The Morgan fingerprint density at radius 3 is 2.70 bits per heavy atom. The molecule has 3 fully saturated rings. The second kappa shape index (κ2) is 8.67. The third-order valence-corrected chi connectivity index (χ3v) is 7.20. The van der Waals surface area contributed by atoms with Crippen molar-refractivity contribution in [2.75, 3.05) is 49.6 Å². The summed E-state index contributed by atoms with van der Waals surface area (Å²) in [5, 5.41) is 3.60. The highest BCUT2D eigenvalue weighted by Crippen LogP contribution is 2.29. The van der Waals surface area contributed by atoms with Crippen LogP contribution in [-0.2, 0) is 11.3 Å². The molecule has 2 aromatic heterocycles. The van der Waals surface area contributed by atoms with Gasteiger partial charge in [0.05, 0.1) is 12.9 Å². The SMILES string of the molecule is CCn1cnc2nc(N3CCC(N4CCCC4C)CC3)nc(NCC3CCOC3)c21. The molecule has 0 radical (unpaired) electrons. The predicted molar refractivity (Wildman–Crippen MR) is 119 cm³/mol. The van der Waals surface area contributed by atoms with Crippen LogP contribution in [0.3, 0.4) is 0 Å². The molecule has 1 N–H and O–H groups in total. The van der Waals surface area contributed by atoms with E-state index >= 15 is 0 Å². The van der Waals surface area contributed by atoms with Crippen LogP contribution in [0.25, 0.3) is 11.2 Å². The number of piperidine rings is 1. The lowest BCUT2D eigenvalue weighted by atomic mass is 10.0. The number of imidazole rings is 1. The smallest absolute Gasteiger partial charge is 0.229 e. The fourth-order valence-corrected chi connectivity index (χ4v) is 5.35. The Labute approximate surface area is 179 Å². The second-order valence-electron chi connectivity index (χ2n) is 9.13. The molecule has 164 valence electrons. The average molecular weight is 414 g/mol. The summed E-state index contributed by atoms with van der Waals surface area (Å²) in [5.74, 6) is 2.29. The number of aromatic nitrogens is 4. The van der Waals surface area contributed by atoms with E-state index in [2.05, 4.69) is 38.5 Å². The number of fused-ring (bicyclic) bond motifs is 1. The normalized spacial score (nSPS) is 26.1. The van der Waals surface area contributed by atoms with Gasteiger partial charge in [0.2, 0.25) is 5.95 Å². The van der Waals surface area contributed by atoms with Crippen molar-refractivity contribution in [2.45, 2.75) is 64.6 Å². The predicted octanol–water partition coefficient (Wildman–Crippen LogP) is 2.75. The van der Waals surface area contributed by atoms with Crippen LogP contribution in [0, 0.1) is 5.92 Å². The third kappa shape index (κ3) is 3.87. The highest BCUT2D eigenvalue weighted by Gasteiger charge is 2.31. The topological polar surface area (TPSA) is 71.3 Å². The van der Waals surface area contributed by atoms with Crippen LogP contribution in [0.4, 0.5) is 11.8 Å². The number of nitrogens with one attached hydrogen (secondary N) is 1. The summed E-state index contributed by atoms with van der Waals surface area (Å²) >= 11 is 0. The second-order valence-corrected chi connectivity index (χ2v) is 9.13. The van der Waals surface area contributed by atoms with E-state index in [9.17, 15) is 0 Å². The molecule has 30 heavy (non-hydrogen) atoms. The van der Waals surface area contributed by atoms with Crippen molar-refractivity contribution in [3.8, 4) is 0 Å². The fourth-order valence-electron chi connectivity index (χ4n) is 5.35. The summed E-state index contributed by atoms with van der Waals surface area (Å²) in [6, 6.07) is 1.45. The molecule has 0 spiro atoms. The number of ether oxygens (including phenoxy) is 1. The lowest BCUT2D eigenvalue weighted by Gasteiger charge is -2.38. The summed E-state index contributed by atoms with van der Waals surface area (Å²) in [4.78, 5) is 19.5. The molecule has 8 nitrogen and oxygen atoms in total. The van der Waals surface area contributed by atoms with Gasteiger partial charge in [0.25, 0.3) is 0 Å². The first-order valence-electron chi connectivity index (χ1n) is 11.8. The molecular weight excluding hydrogens is 378 g/mol. The van der Waals surface area contributed by atoms with E-state index in [1.54, 1.807) is 0 Å². The van der Waals surface area contributed by atoms with Crippen LogP contribution >= 0.6 is 0 Å². The maximum Gasteiger partial charge on any atom is 0.229 e. The zero-order valence-corrected chi connectivity index (χ0v) is 18.4. The minimum atomic E-state index is 0.551. The summed E-state index contributed by atoms with van der Waals surface area (Å²) in [6.07, 6.45) is 8.08. The van der Waals surface area contributed by atoms with E-state index < -0.39 is 0 Å². The number of rotatable bonds is 6. The van der Waals surface area contributed by atoms with Crippen molar-refractivity contribution < 1.29 is 4.74 Å². The van der Waals surface area contributed by atoms with E-state index in [0.717, 1.165) is 74.8 Å². The van der Waals surface area contributed by atoms with Crippen LogP contribution in [0.1, 0.15) is 46.0 Å². The van der Waals surface area contributed by atoms with E-state index in [-0.39, 0.29) is 0 Å². The Morgan fingerprint density at radius 1 is 1.13 bits per heavy atom. The van der Waals surface area contributed by atoms with Crippen molar-refractivity contribution in [1.82, 2.24) is 24.4 Å². The molecule has 2 unspecified atom stereocenters. The molecule has 5 heterocycles. The van der Waals surface area contributed by atoms with Gasteiger partial charge in [-0.3, -0.25) is 4.90 Å². The quantitative estimate of drug-likeness (QED) is 0.781. The largest absolute Gasteiger partial charge is 0.381 e. The van der Waals surface area contributed by atoms with Gasteiger partial charge in [-0.15, -0.1) is 0 Å². The molecule has 8 heteroatoms. The van der Waals surface area contributed by atoms with Crippen molar-refractivity contribution in [1.29, 1.82) is 0 Å². The first-order chi connectivity index (χ1) is 14.7. The summed E-state index contributed by atoms with van der Waals surface area (Å²) in [5.41, 5.74) is 1.81. The van der Waals surface area contributed by atoms with Gasteiger partial charge in [0, 0.05) is 50.8 Å². The number of hydrogen-bond donors (Lipinski definition) is 1. The Balaban J connectivity index is 1.34. The van der Waals surface area contributed by atoms with Crippen LogP contribution in [0.15, 0.2) is 6.33 Å². The van der Waals surface area contributed by atoms with Gasteiger partial charge in [-0.25, -0.2) is 4.98 Å². The van der Waals surface area contributed by atoms with Crippen LogP contribution in [0.2, 0.25) is 0 Å². The first-order valence-corrected chi connectivity index (χ1v) is 11.8. The summed E-state index contributed by atoms with van der Waals surface area (Å²) < 4.78 is 7.67. The molecule has 5 rings (SSSR count). The van der Waals surface area contributed by atoms with Gasteiger partial charge in [-0.2, -0.15) is 9.97 Å². The monoisotopic (exact) mass is 413 g/mol. The lowest BCUT2D eigenvalue weighted by molar-refractivity contribution is 0.163. The number of anilines is 2. The average Bonchev–Trinajstić information content (AvgIpc) is 3.53. The summed E-state index contributed by atoms with van der Waals surface area (Å²) in [6.45, 7) is 11.3. The van der Waals surface area contributed by atoms with E-state index in [1.165, 1.54) is 32.2 Å². The molecule has 0 saturated carbocycles. The molecule has 3 saturated heterocycles. The molecule has 3 aliphatic rings. The Morgan fingerprint density at radius 2 is 2.00 bits per heavy atom. The fraction of sp³-hybridized carbons (Fsp3) is 0.773. The Kier molecular flexibility index (Phi) is 5.78. The Hall–Kier alpha value is -1.93. The minimum absolute atomic E-state index is 0.551. The number of nitrogens with zero attached hydrogens (tertiary/aromatic N) is 6. The van der Waals surface area contributed by atoms with Gasteiger partial charge in [0.15, 0.2) is 11.5 Å². The van der Waals surface area contributed by atoms with Gasteiger partial charge < -0.3 is 19.5 Å². The zero-order valence-electron chi connectivity index (χ0n) is 18.4. The van der Waals surface area contributed by atoms with E-state index in [0.29, 0.717) is 12.0 Å². The van der Waals surface area contributed by atoms with Crippen molar-refractivity contribution in [3.05, 3.63) is 6.33 Å². The standard InChI is InChI=1S/C22H35N7O/c1-3-27-15-24-21-19(27)20(23-13-17-8-12-30-14-17)25-22(26-21)28-10-6-18(7-11-28)29-9-4-5-16(29)2/h15-18H,3-14H2,1-2H3,(H,23,25,26). The minimum Gasteiger partial charge on any atom is -0.381 e. The molecule has 2 aromatic rings. The van der Waals surface area contributed by atoms with Crippen molar-refractivity contribution >= 4 is 22.9 Å². The van der Waals surface area contributed by atoms with Crippen molar-refractivity contribution in [2.24, 2.45) is 5.92 Å². The van der Waals surface area contributed by atoms with Crippen LogP contribution < -0.4 is 10.2 Å². The lowest BCUT2D eigenvalue weighted by Crippen LogP contribution is -2.46. The number of likely N-dealkylation sites (tertiary alicyclic amines) is 1. The highest BCUT2D eigenvalue weighted by atomic mass is 16.5.